The summed E-state index contributed by atoms with van der Waals surface area (Å²) in [5.74, 6) is 0.821. The highest BCUT2D eigenvalue weighted by Crippen LogP contribution is 2.31. The Kier molecular flexibility index (Phi) is 6.34. The zero-order valence-corrected chi connectivity index (χ0v) is 16.3. The second-order valence-corrected chi connectivity index (χ2v) is 6.95. The van der Waals surface area contributed by atoms with Gasteiger partial charge in [0.15, 0.2) is 5.11 Å². The molecule has 2 aromatic carbocycles. The Morgan fingerprint density at radius 3 is 2.81 bits per heavy atom. The molecule has 2 N–H and O–H groups in total. The van der Waals surface area contributed by atoms with Crippen LogP contribution in [0.4, 0.5) is 11.4 Å². The Morgan fingerprint density at radius 1 is 1.19 bits per heavy atom. The van der Waals surface area contributed by atoms with Gasteiger partial charge in [-0.3, -0.25) is 0 Å². The first-order valence-electron chi connectivity index (χ1n) is 9.30. The van der Waals surface area contributed by atoms with E-state index in [0.717, 1.165) is 37.4 Å². The molecule has 1 atom stereocenters. The standard InChI is InChI=1S/C21H27N3OS/c1-3-25-20-12-7-5-10-18(20)23-21(26)22-13-8-14-24-16(2)15-17-9-4-6-11-19(17)24/h4-7,9-12,16H,3,8,13-15H2,1-2H3,(H2,22,23,26). The molecule has 0 saturated heterocycles. The van der Waals surface area contributed by atoms with Crippen LogP contribution in [0.5, 0.6) is 5.75 Å². The van der Waals surface area contributed by atoms with Gasteiger partial charge in [-0.05, 0) is 62.7 Å². The van der Waals surface area contributed by atoms with Crippen molar-refractivity contribution in [1.29, 1.82) is 0 Å². The smallest absolute Gasteiger partial charge is 0.170 e. The quantitative estimate of drug-likeness (QED) is 0.565. The van der Waals surface area contributed by atoms with E-state index in [9.17, 15) is 0 Å². The average Bonchev–Trinajstić information content (AvgIpc) is 2.96. The van der Waals surface area contributed by atoms with Crippen LogP contribution < -0.4 is 20.3 Å². The van der Waals surface area contributed by atoms with Crippen molar-refractivity contribution in [2.45, 2.75) is 32.7 Å². The average molecular weight is 370 g/mol. The molecule has 0 spiro atoms. The Hall–Kier alpha value is -2.27. The van der Waals surface area contributed by atoms with E-state index in [1.807, 2.05) is 31.2 Å². The summed E-state index contributed by atoms with van der Waals surface area (Å²) >= 11 is 5.42. The molecule has 0 bridgehead atoms. The minimum absolute atomic E-state index is 0.565. The molecule has 4 nitrogen and oxygen atoms in total. The van der Waals surface area contributed by atoms with E-state index in [0.29, 0.717) is 17.8 Å². The van der Waals surface area contributed by atoms with Gasteiger partial charge in [0.25, 0.3) is 0 Å². The maximum Gasteiger partial charge on any atom is 0.170 e. The van der Waals surface area contributed by atoms with Crippen LogP contribution in [0.2, 0.25) is 0 Å². The van der Waals surface area contributed by atoms with Crippen LogP contribution in [-0.4, -0.2) is 30.9 Å². The van der Waals surface area contributed by atoms with Crippen molar-refractivity contribution in [3.63, 3.8) is 0 Å². The summed E-state index contributed by atoms with van der Waals surface area (Å²) in [7, 11) is 0. The largest absolute Gasteiger partial charge is 0.492 e. The maximum atomic E-state index is 5.62. The van der Waals surface area contributed by atoms with E-state index in [1.54, 1.807) is 0 Å². The Bertz CT molecular complexity index is 750. The monoisotopic (exact) mass is 369 g/mol. The van der Waals surface area contributed by atoms with Crippen molar-refractivity contribution in [3.8, 4) is 5.75 Å². The van der Waals surface area contributed by atoms with Gasteiger partial charge < -0.3 is 20.3 Å². The zero-order chi connectivity index (χ0) is 18.4. The molecule has 1 heterocycles. The Balaban J connectivity index is 1.45. The summed E-state index contributed by atoms with van der Waals surface area (Å²) in [5, 5.41) is 7.16. The van der Waals surface area contributed by atoms with Crippen molar-refractivity contribution >= 4 is 28.7 Å². The van der Waals surface area contributed by atoms with Crippen molar-refractivity contribution < 1.29 is 4.74 Å². The van der Waals surface area contributed by atoms with Crippen molar-refractivity contribution in [1.82, 2.24) is 5.32 Å². The van der Waals surface area contributed by atoms with Crippen LogP contribution in [-0.2, 0) is 6.42 Å². The molecule has 26 heavy (non-hydrogen) atoms. The second-order valence-electron chi connectivity index (χ2n) is 6.54. The van der Waals surface area contributed by atoms with E-state index < -0.39 is 0 Å². The lowest BCUT2D eigenvalue weighted by Crippen LogP contribution is -2.34. The molecule has 5 heteroatoms. The molecule has 3 rings (SSSR count). The number of para-hydroxylation sites is 3. The molecule has 1 aliphatic rings. The maximum absolute atomic E-state index is 5.62. The molecule has 2 aromatic rings. The molecule has 0 aromatic heterocycles. The molecule has 1 unspecified atom stereocenters. The summed E-state index contributed by atoms with van der Waals surface area (Å²) in [5.41, 5.74) is 3.73. The summed E-state index contributed by atoms with van der Waals surface area (Å²) in [6.07, 6.45) is 2.17. The van der Waals surface area contributed by atoms with E-state index >= 15 is 0 Å². The molecular formula is C21H27N3OS. The third-order valence-electron chi connectivity index (χ3n) is 4.64. The number of thiocarbonyl (C=S) groups is 1. The summed E-state index contributed by atoms with van der Waals surface area (Å²) in [6, 6.07) is 17.1. The minimum atomic E-state index is 0.565. The highest BCUT2D eigenvalue weighted by molar-refractivity contribution is 7.80. The van der Waals surface area contributed by atoms with Crippen molar-refractivity contribution in [2.24, 2.45) is 0 Å². The predicted octanol–water partition coefficient (Wildman–Crippen LogP) is 4.21. The normalized spacial score (nSPS) is 15.5. The van der Waals surface area contributed by atoms with Gasteiger partial charge in [0.1, 0.15) is 5.75 Å². The molecular weight excluding hydrogens is 342 g/mol. The van der Waals surface area contributed by atoms with Gasteiger partial charge in [-0.1, -0.05) is 30.3 Å². The number of rotatable bonds is 7. The second kappa shape index (κ2) is 8.90. The number of fused-ring (bicyclic) bond motifs is 1. The molecule has 0 amide bonds. The van der Waals surface area contributed by atoms with Crippen LogP contribution in [0.25, 0.3) is 0 Å². The fraction of sp³-hybridized carbons (Fsp3) is 0.381. The Morgan fingerprint density at radius 2 is 1.96 bits per heavy atom. The first kappa shape index (κ1) is 18.5. The molecule has 0 radical (unpaired) electrons. The predicted molar refractivity (Wildman–Crippen MR) is 113 cm³/mol. The third-order valence-corrected chi connectivity index (χ3v) is 4.89. The summed E-state index contributed by atoms with van der Waals surface area (Å²) < 4.78 is 5.62. The number of anilines is 2. The van der Waals surface area contributed by atoms with Gasteiger partial charge in [0.05, 0.1) is 12.3 Å². The van der Waals surface area contributed by atoms with E-state index in [1.165, 1.54) is 11.3 Å². The summed E-state index contributed by atoms with van der Waals surface area (Å²) in [4.78, 5) is 2.50. The highest BCUT2D eigenvalue weighted by Gasteiger charge is 2.24. The first-order chi connectivity index (χ1) is 12.7. The van der Waals surface area contributed by atoms with Crippen LogP contribution >= 0.6 is 12.2 Å². The highest BCUT2D eigenvalue weighted by atomic mass is 32.1. The van der Waals surface area contributed by atoms with E-state index in [2.05, 4.69) is 46.7 Å². The van der Waals surface area contributed by atoms with Gasteiger partial charge in [-0.2, -0.15) is 0 Å². The topological polar surface area (TPSA) is 36.5 Å². The molecule has 0 aliphatic carbocycles. The number of hydrogen-bond donors (Lipinski definition) is 2. The molecule has 0 fully saturated rings. The lowest BCUT2D eigenvalue weighted by atomic mass is 10.1. The number of benzene rings is 2. The molecule has 138 valence electrons. The van der Waals surface area contributed by atoms with Gasteiger partial charge in [-0.25, -0.2) is 0 Å². The van der Waals surface area contributed by atoms with Crippen molar-refractivity contribution in [3.05, 3.63) is 54.1 Å². The van der Waals surface area contributed by atoms with Gasteiger partial charge in [0, 0.05) is 24.8 Å². The molecule has 1 aliphatic heterocycles. The van der Waals surface area contributed by atoms with Gasteiger partial charge in [-0.15, -0.1) is 0 Å². The number of hydrogen-bond acceptors (Lipinski definition) is 3. The van der Waals surface area contributed by atoms with Gasteiger partial charge in [0.2, 0.25) is 0 Å². The third kappa shape index (κ3) is 4.47. The van der Waals surface area contributed by atoms with Crippen LogP contribution in [0.3, 0.4) is 0 Å². The van der Waals surface area contributed by atoms with E-state index in [-0.39, 0.29) is 0 Å². The van der Waals surface area contributed by atoms with Crippen LogP contribution in [0.15, 0.2) is 48.5 Å². The van der Waals surface area contributed by atoms with Crippen LogP contribution in [0, 0.1) is 0 Å². The molecule has 0 saturated carbocycles. The number of ether oxygens (including phenoxy) is 1. The Labute approximate surface area is 161 Å². The summed E-state index contributed by atoms with van der Waals surface area (Å²) in [6.45, 7) is 6.78. The van der Waals surface area contributed by atoms with Gasteiger partial charge >= 0.3 is 0 Å². The number of nitrogens with zero attached hydrogens (tertiary/aromatic N) is 1. The van der Waals surface area contributed by atoms with E-state index in [4.69, 9.17) is 17.0 Å². The lowest BCUT2D eigenvalue weighted by molar-refractivity contribution is 0.342. The SMILES string of the molecule is CCOc1ccccc1NC(=S)NCCCN1c2ccccc2CC1C. The first-order valence-corrected chi connectivity index (χ1v) is 9.71. The van der Waals surface area contributed by atoms with Crippen LogP contribution in [0.1, 0.15) is 25.8 Å². The van der Waals surface area contributed by atoms with Crippen molar-refractivity contribution in [2.75, 3.05) is 29.9 Å². The fourth-order valence-corrected chi connectivity index (χ4v) is 3.65. The minimum Gasteiger partial charge on any atom is -0.492 e. The fourth-order valence-electron chi connectivity index (χ4n) is 3.44. The number of nitrogens with one attached hydrogen (secondary N) is 2. The zero-order valence-electron chi connectivity index (χ0n) is 15.5. The lowest BCUT2D eigenvalue weighted by Gasteiger charge is -2.25.